The number of anilines is 1. The van der Waals surface area contributed by atoms with Crippen LogP contribution < -0.4 is 14.4 Å². The quantitative estimate of drug-likeness (QED) is 0.121. The van der Waals surface area contributed by atoms with E-state index in [1.807, 2.05) is 106 Å². The minimum atomic E-state index is -2.99. The van der Waals surface area contributed by atoms with Gasteiger partial charge in [-0.2, -0.15) is 0 Å². The predicted molar refractivity (Wildman–Crippen MR) is 223 cm³/mol. The lowest BCUT2D eigenvalue weighted by Crippen LogP contribution is -2.68. The molecule has 14 heteroatoms. The molecule has 0 bridgehead atoms. The Bertz CT molecular complexity index is 2110. The molecule has 1 N–H and O–H groups in total. The van der Waals surface area contributed by atoms with Crippen LogP contribution in [0.25, 0.3) is 0 Å². The molecule has 5 atom stereocenters. The number of rotatable bonds is 10. The van der Waals surface area contributed by atoms with E-state index in [2.05, 4.69) is 25.9 Å². The van der Waals surface area contributed by atoms with Gasteiger partial charge in [-0.3, -0.25) is 14.5 Å². The van der Waals surface area contributed by atoms with Crippen LogP contribution in [-0.2, 0) is 22.2 Å². The first-order chi connectivity index (χ1) is 26.9. The van der Waals surface area contributed by atoms with Gasteiger partial charge in [0.25, 0.3) is 5.88 Å². The van der Waals surface area contributed by atoms with Gasteiger partial charge in [0.2, 0.25) is 5.78 Å². The number of aliphatic hydroxyl groups is 1. The van der Waals surface area contributed by atoms with E-state index >= 15 is 9.59 Å². The highest BCUT2D eigenvalue weighted by Crippen LogP contribution is 2.62. The van der Waals surface area contributed by atoms with E-state index in [4.69, 9.17) is 23.2 Å². The molecular formula is C44H60N4O9Si. The highest BCUT2D eigenvalue weighted by atomic mass is 28.4. The molecule has 2 aromatic carbocycles. The second-order valence-electron chi connectivity index (χ2n) is 19.1. The third kappa shape index (κ3) is 7.48. The topological polar surface area (TPSA) is 144 Å². The Hall–Kier alpha value is -4.50. The number of aliphatic hydroxyl groups excluding tert-OH is 1. The van der Waals surface area contributed by atoms with Gasteiger partial charge in [0.15, 0.2) is 25.5 Å². The van der Waals surface area contributed by atoms with E-state index in [9.17, 15) is 9.90 Å². The lowest BCUT2D eigenvalue weighted by Gasteiger charge is -2.58. The number of aromatic nitrogens is 1. The normalized spacial score (nSPS) is 23.3. The number of nitrogens with zero attached hydrogens (tertiary/aromatic N) is 4. The van der Waals surface area contributed by atoms with Gasteiger partial charge in [0.1, 0.15) is 29.3 Å². The van der Waals surface area contributed by atoms with Crippen molar-refractivity contribution in [2.45, 2.75) is 89.9 Å². The SMILES string of the molecule is CN(C)C[C@H]1[C@H]2[C@H](N(C)C)c3onc(OCc4ccccc4)c3C(=O)[C@@]2(O[Si](C)(C)C(C)(C)C)C(O)=C2C(=O)c3c(OC(=O)OC(C)(C)C)ccc(N(C)C)c3C[C@H]21. The summed E-state index contributed by atoms with van der Waals surface area (Å²) in [6, 6.07) is 12.3. The molecule has 13 nitrogen and oxygen atoms in total. The van der Waals surface area contributed by atoms with E-state index < -0.39 is 71.8 Å². The van der Waals surface area contributed by atoms with Gasteiger partial charge in [-0.25, -0.2) is 4.79 Å². The number of Topliss-reactive ketones (excluding diaryl/α,β-unsaturated/α-hetero) is 2. The zero-order valence-electron chi connectivity index (χ0n) is 36.5. The summed E-state index contributed by atoms with van der Waals surface area (Å²) in [5, 5.41) is 17.2. The summed E-state index contributed by atoms with van der Waals surface area (Å²) in [5.74, 6) is -3.01. The van der Waals surface area contributed by atoms with E-state index in [0.29, 0.717) is 24.3 Å². The van der Waals surface area contributed by atoms with Crippen LogP contribution in [-0.4, -0.2) is 106 Å². The van der Waals surface area contributed by atoms with Crippen molar-refractivity contribution >= 4 is 31.7 Å². The van der Waals surface area contributed by atoms with Crippen LogP contribution in [0.15, 0.2) is 58.3 Å². The summed E-state index contributed by atoms with van der Waals surface area (Å²) >= 11 is 0. The van der Waals surface area contributed by atoms with E-state index in [-0.39, 0.29) is 34.9 Å². The first-order valence-corrected chi connectivity index (χ1v) is 22.8. The molecule has 3 aliphatic rings. The molecule has 6 rings (SSSR count). The van der Waals surface area contributed by atoms with Crippen molar-refractivity contribution in [1.29, 1.82) is 0 Å². The number of allylic oxidation sites excluding steroid dienone is 1. The fraction of sp³-hybridized carbons (Fsp3) is 0.545. The van der Waals surface area contributed by atoms with Crippen molar-refractivity contribution < 1.29 is 42.6 Å². The molecule has 0 saturated heterocycles. The molecule has 0 radical (unpaired) electrons. The molecule has 58 heavy (non-hydrogen) atoms. The van der Waals surface area contributed by atoms with Crippen LogP contribution in [0, 0.1) is 17.8 Å². The van der Waals surface area contributed by atoms with Gasteiger partial charge < -0.3 is 38.1 Å². The Kier molecular flexibility index (Phi) is 11.3. The number of fused-ring (bicyclic) bond motifs is 4. The van der Waals surface area contributed by atoms with Crippen molar-refractivity contribution in [2.75, 3.05) is 53.7 Å². The number of benzene rings is 2. The standard InChI is InChI=1S/C44H60N4O9Si/c1-42(2,3)55-41(52)54-30-21-20-29(47(9)10)27-22-26-28(23-46(7)8)34-35(48(11)12)37-33(40(45-56-37)53-24-25-18-16-15-17-19-25)39(51)44(34,57-58(13,14)43(4,5)6)38(50)32(26)36(49)31(27)30/h15-21,26,28,34-35,50H,22-24H2,1-14H3/t26-,28+,34-,35-,44-/m0/s1. The third-order valence-electron chi connectivity index (χ3n) is 12.1. The minimum absolute atomic E-state index is 0.00306. The molecular weight excluding hydrogens is 757 g/mol. The van der Waals surface area contributed by atoms with Gasteiger partial charge in [-0.1, -0.05) is 51.1 Å². The average molecular weight is 817 g/mol. The van der Waals surface area contributed by atoms with E-state index in [1.165, 1.54) is 0 Å². The van der Waals surface area contributed by atoms with Crippen LogP contribution in [0.4, 0.5) is 10.5 Å². The molecule has 1 heterocycles. The molecule has 314 valence electrons. The highest BCUT2D eigenvalue weighted by molar-refractivity contribution is 6.74. The summed E-state index contributed by atoms with van der Waals surface area (Å²) in [6.07, 6.45) is -0.667. The number of carbonyl (C=O) groups excluding carboxylic acids is 3. The Morgan fingerprint density at radius 3 is 2.19 bits per heavy atom. The molecule has 0 fully saturated rings. The lowest BCUT2D eigenvalue weighted by atomic mass is 9.53. The summed E-state index contributed by atoms with van der Waals surface area (Å²) in [4.78, 5) is 50.4. The third-order valence-corrected chi connectivity index (χ3v) is 16.5. The average Bonchev–Trinajstić information content (AvgIpc) is 3.52. The Morgan fingerprint density at radius 1 is 0.966 bits per heavy atom. The number of carbonyl (C=O) groups is 3. The second-order valence-corrected chi connectivity index (χ2v) is 23.8. The van der Waals surface area contributed by atoms with Crippen LogP contribution in [0.2, 0.25) is 18.1 Å². The van der Waals surface area contributed by atoms with Crippen molar-refractivity contribution in [1.82, 2.24) is 15.0 Å². The maximum absolute atomic E-state index is 15.9. The molecule has 3 aromatic rings. The molecule has 3 aliphatic carbocycles. The Morgan fingerprint density at radius 2 is 1.62 bits per heavy atom. The molecule has 0 aliphatic heterocycles. The molecule has 0 amide bonds. The molecule has 0 unspecified atom stereocenters. The molecule has 0 spiro atoms. The zero-order valence-corrected chi connectivity index (χ0v) is 37.5. The Balaban J connectivity index is 1.66. The molecule has 0 saturated carbocycles. The number of hydrogen-bond donors (Lipinski definition) is 1. The summed E-state index contributed by atoms with van der Waals surface area (Å²) in [6.45, 7) is 16.0. The monoisotopic (exact) mass is 816 g/mol. The smallest absolute Gasteiger partial charge is 0.508 e. The van der Waals surface area contributed by atoms with Crippen molar-refractivity contribution in [3.63, 3.8) is 0 Å². The number of ketones is 2. The lowest BCUT2D eigenvalue weighted by molar-refractivity contribution is -0.0777. The summed E-state index contributed by atoms with van der Waals surface area (Å²) in [5.41, 5.74) is -0.338. The van der Waals surface area contributed by atoms with Crippen molar-refractivity contribution in [3.05, 3.63) is 81.8 Å². The largest absolute Gasteiger partial charge is 0.514 e. The van der Waals surface area contributed by atoms with Gasteiger partial charge in [0, 0.05) is 37.8 Å². The van der Waals surface area contributed by atoms with Crippen LogP contribution >= 0.6 is 0 Å². The summed E-state index contributed by atoms with van der Waals surface area (Å²) in [7, 11) is 8.50. The van der Waals surface area contributed by atoms with Crippen LogP contribution in [0.3, 0.4) is 0 Å². The van der Waals surface area contributed by atoms with Crippen LogP contribution in [0.1, 0.15) is 85.2 Å². The van der Waals surface area contributed by atoms with Gasteiger partial charge >= 0.3 is 6.16 Å². The van der Waals surface area contributed by atoms with E-state index in [0.717, 1.165) is 11.3 Å². The first kappa shape index (κ1) is 43.1. The number of ether oxygens (including phenoxy) is 3. The Labute approximate surface area is 343 Å². The number of hydrogen-bond acceptors (Lipinski definition) is 13. The second kappa shape index (κ2) is 15.3. The predicted octanol–water partition coefficient (Wildman–Crippen LogP) is 7.87. The molecule has 1 aromatic heterocycles. The van der Waals surface area contributed by atoms with E-state index in [1.54, 1.807) is 26.8 Å². The summed E-state index contributed by atoms with van der Waals surface area (Å²) < 4.78 is 31.1. The van der Waals surface area contributed by atoms with Crippen LogP contribution in [0.5, 0.6) is 11.6 Å². The van der Waals surface area contributed by atoms with Crippen molar-refractivity contribution in [2.24, 2.45) is 17.8 Å². The highest BCUT2D eigenvalue weighted by Gasteiger charge is 2.70. The van der Waals surface area contributed by atoms with Gasteiger partial charge in [-0.15, -0.1) is 0 Å². The fourth-order valence-corrected chi connectivity index (χ4v) is 10.1. The van der Waals surface area contributed by atoms with Gasteiger partial charge in [0.05, 0.1) is 11.6 Å². The minimum Gasteiger partial charge on any atom is -0.508 e. The maximum atomic E-state index is 15.9. The van der Waals surface area contributed by atoms with Gasteiger partial charge in [-0.05, 0) is 114 Å². The first-order valence-electron chi connectivity index (χ1n) is 19.9. The zero-order chi connectivity index (χ0) is 42.9. The fourth-order valence-electron chi connectivity index (χ4n) is 8.64. The van der Waals surface area contributed by atoms with Crippen molar-refractivity contribution in [3.8, 4) is 11.6 Å². The maximum Gasteiger partial charge on any atom is 0.514 e.